The fourth-order valence-electron chi connectivity index (χ4n) is 4.17. The van der Waals surface area contributed by atoms with Gasteiger partial charge >= 0.3 is 6.09 Å². The van der Waals surface area contributed by atoms with Crippen LogP contribution in [0.3, 0.4) is 0 Å². The molecule has 7 heteroatoms. The Morgan fingerprint density at radius 1 is 1.00 bits per heavy atom. The van der Waals surface area contributed by atoms with Gasteiger partial charge in [0.25, 0.3) is 5.91 Å². The van der Waals surface area contributed by atoms with E-state index >= 15 is 0 Å². The smallest absolute Gasteiger partial charge is 0.408 e. The van der Waals surface area contributed by atoms with Crippen molar-refractivity contribution in [2.45, 2.75) is 78.5 Å². The van der Waals surface area contributed by atoms with Gasteiger partial charge in [-0.15, -0.1) is 0 Å². The first-order chi connectivity index (χ1) is 16.5. The van der Waals surface area contributed by atoms with Crippen molar-refractivity contribution in [3.8, 4) is 0 Å². The first-order valence-electron chi connectivity index (χ1n) is 12.2. The van der Waals surface area contributed by atoms with Crippen LogP contribution in [0.2, 0.25) is 0 Å². The number of hydrogen-bond acceptors (Lipinski definition) is 4. The zero-order chi connectivity index (χ0) is 25.8. The number of ether oxygens (including phenoxy) is 1. The lowest BCUT2D eigenvalue weighted by Gasteiger charge is -2.42. The van der Waals surface area contributed by atoms with E-state index in [1.807, 2.05) is 63.2 Å². The lowest BCUT2D eigenvalue weighted by Crippen LogP contribution is -2.53. The van der Waals surface area contributed by atoms with Crippen LogP contribution in [-0.2, 0) is 14.3 Å². The van der Waals surface area contributed by atoms with E-state index in [-0.39, 0.29) is 24.4 Å². The molecule has 0 aliphatic heterocycles. The van der Waals surface area contributed by atoms with Crippen LogP contribution in [0, 0.1) is 20.8 Å². The van der Waals surface area contributed by atoms with Crippen molar-refractivity contribution in [1.82, 2.24) is 10.2 Å². The topological polar surface area (TPSA) is 87.7 Å². The molecule has 0 aromatic heterocycles. The summed E-state index contributed by atoms with van der Waals surface area (Å²) in [4.78, 5) is 41.1. The van der Waals surface area contributed by atoms with Crippen molar-refractivity contribution < 1.29 is 19.1 Å². The summed E-state index contributed by atoms with van der Waals surface area (Å²) in [5.74, 6) is -0.591. The molecule has 0 saturated heterocycles. The molecule has 0 bridgehead atoms. The molecule has 7 nitrogen and oxygen atoms in total. The molecule has 1 fully saturated rings. The van der Waals surface area contributed by atoms with Gasteiger partial charge < -0.3 is 20.3 Å². The molecule has 188 valence electrons. The number of nitrogens with one attached hydrogen (secondary N) is 2. The fourth-order valence-corrected chi connectivity index (χ4v) is 4.17. The number of aryl methyl sites for hydroxylation is 3. The van der Waals surface area contributed by atoms with E-state index < -0.39 is 17.7 Å². The van der Waals surface area contributed by atoms with Crippen LogP contribution in [0.15, 0.2) is 42.5 Å². The lowest BCUT2D eigenvalue weighted by molar-refractivity contribution is -0.143. The van der Waals surface area contributed by atoms with Gasteiger partial charge in [0.15, 0.2) is 0 Å². The molecule has 2 aromatic rings. The third kappa shape index (κ3) is 6.84. The van der Waals surface area contributed by atoms with Gasteiger partial charge in [0.05, 0.1) is 0 Å². The van der Waals surface area contributed by atoms with E-state index in [0.29, 0.717) is 0 Å². The van der Waals surface area contributed by atoms with E-state index in [1.165, 1.54) is 0 Å². The number of carbonyl (C=O) groups excluding carboxylic acids is 3. The third-order valence-electron chi connectivity index (χ3n) is 6.19. The second-order valence-electron chi connectivity index (χ2n) is 10.3. The Morgan fingerprint density at radius 3 is 2.11 bits per heavy atom. The number of carbonyl (C=O) groups is 3. The number of benzene rings is 2. The van der Waals surface area contributed by atoms with Crippen molar-refractivity contribution in [1.29, 1.82) is 0 Å². The lowest BCUT2D eigenvalue weighted by atomic mass is 9.88. The normalized spacial score (nSPS) is 14.5. The number of alkyl carbamates (subject to hydrolysis) is 1. The van der Waals surface area contributed by atoms with Gasteiger partial charge in [0, 0.05) is 11.7 Å². The Kier molecular flexibility index (Phi) is 8.20. The van der Waals surface area contributed by atoms with Gasteiger partial charge in [-0.1, -0.05) is 48.0 Å². The van der Waals surface area contributed by atoms with Crippen molar-refractivity contribution in [3.05, 3.63) is 64.7 Å². The molecule has 2 N–H and O–H groups in total. The van der Waals surface area contributed by atoms with Crippen LogP contribution in [0.25, 0.3) is 0 Å². The largest absolute Gasteiger partial charge is 0.444 e. The molecule has 1 atom stereocenters. The summed E-state index contributed by atoms with van der Waals surface area (Å²) in [7, 11) is 0. The standard InChI is InChI=1S/C28H37N3O4/c1-18-13-15-21(16-14-18)25(26(33)30-24-19(2)9-7-10-20(24)3)31(22-11-8-12-22)23(32)17-29-27(34)35-28(4,5)6/h7,9-10,13-16,22,25H,8,11-12,17H2,1-6H3,(H,29,34)(H,30,33). The number of para-hydroxylation sites is 1. The maximum absolute atomic E-state index is 13.8. The highest BCUT2D eigenvalue weighted by atomic mass is 16.6. The maximum Gasteiger partial charge on any atom is 0.408 e. The molecule has 3 amide bonds. The molecular formula is C28H37N3O4. The van der Waals surface area contributed by atoms with Gasteiger partial charge in [0.2, 0.25) is 5.91 Å². The van der Waals surface area contributed by atoms with Crippen molar-refractivity contribution in [2.75, 3.05) is 11.9 Å². The van der Waals surface area contributed by atoms with Gasteiger partial charge in [-0.25, -0.2) is 4.79 Å². The van der Waals surface area contributed by atoms with Gasteiger partial charge in [-0.3, -0.25) is 9.59 Å². The molecule has 0 radical (unpaired) electrons. The summed E-state index contributed by atoms with van der Waals surface area (Å²) in [5.41, 5.74) is 3.79. The minimum atomic E-state index is -0.826. The summed E-state index contributed by atoms with van der Waals surface area (Å²) in [6.07, 6.45) is 1.97. The molecule has 0 heterocycles. The minimum Gasteiger partial charge on any atom is -0.444 e. The molecule has 0 spiro atoms. The summed E-state index contributed by atoms with van der Waals surface area (Å²) in [6.45, 7) is 10.9. The van der Waals surface area contributed by atoms with Crippen LogP contribution in [0.4, 0.5) is 10.5 Å². The Balaban J connectivity index is 1.91. The highest BCUT2D eigenvalue weighted by Crippen LogP contribution is 2.34. The highest BCUT2D eigenvalue weighted by molar-refractivity contribution is 5.99. The molecule has 1 aliphatic carbocycles. The summed E-state index contributed by atoms with van der Waals surface area (Å²) >= 11 is 0. The van der Waals surface area contributed by atoms with E-state index in [0.717, 1.165) is 47.2 Å². The number of nitrogens with zero attached hydrogens (tertiary/aromatic N) is 1. The molecular weight excluding hydrogens is 442 g/mol. The van der Waals surface area contributed by atoms with Crippen molar-refractivity contribution in [2.24, 2.45) is 0 Å². The Morgan fingerprint density at radius 2 is 1.60 bits per heavy atom. The minimum absolute atomic E-state index is 0.0713. The van der Waals surface area contributed by atoms with Crippen LogP contribution in [0.1, 0.15) is 68.3 Å². The Labute approximate surface area is 208 Å². The summed E-state index contributed by atoms with van der Waals surface area (Å²) in [5, 5.41) is 5.64. The summed E-state index contributed by atoms with van der Waals surface area (Å²) in [6, 6.07) is 12.6. The fraction of sp³-hybridized carbons (Fsp3) is 0.464. The molecule has 2 aromatic carbocycles. The monoisotopic (exact) mass is 479 g/mol. The second-order valence-corrected chi connectivity index (χ2v) is 10.3. The van der Waals surface area contributed by atoms with E-state index in [9.17, 15) is 14.4 Å². The molecule has 35 heavy (non-hydrogen) atoms. The number of anilines is 1. The van der Waals surface area contributed by atoms with Crippen LogP contribution < -0.4 is 10.6 Å². The number of rotatable bonds is 7. The number of hydrogen-bond donors (Lipinski definition) is 2. The summed E-state index contributed by atoms with van der Waals surface area (Å²) < 4.78 is 5.28. The van der Waals surface area contributed by atoms with Gasteiger partial charge in [-0.05, 0) is 77.5 Å². The zero-order valence-corrected chi connectivity index (χ0v) is 21.6. The molecule has 1 saturated carbocycles. The SMILES string of the molecule is Cc1ccc(C(C(=O)Nc2c(C)cccc2C)N(C(=O)CNC(=O)OC(C)(C)C)C2CCC2)cc1. The molecule has 3 rings (SSSR count). The first-order valence-corrected chi connectivity index (χ1v) is 12.2. The van der Waals surface area contributed by atoms with Crippen molar-refractivity contribution >= 4 is 23.6 Å². The first kappa shape index (κ1) is 26.3. The average molecular weight is 480 g/mol. The van der Waals surface area contributed by atoms with E-state index in [1.54, 1.807) is 25.7 Å². The van der Waals surface area contributed by atoms with Crippen LogP contribution in [0.5, 0.6) is 0 Å². The van der Waals surface area contributed by atoms with Crippen LogP contribution in [-0.4, -0.2) is 41.0 Å². The number of amides is 3. The van der Waals surface area contributed by atoms with Gasteiger partial charge in [-0.2, -0.15) is 0 Å². The Hall–Kier alpha value is -3.35. The van der Waals surface area contributed by atoms with Crippen LogP contribution >= 0.6 is 0 Å². The predicted octanol–water partition coefficient (Wildman–Crippen LogP) is 5.20. The maximum atomic E-state index is 13.8. The second kappa shape index (κ2) is 10.9. The van der Waals surface area contributed by atoms with E-state index in [2.05, 4.69) is 10.6 Å². The third-order valence-corrected chi connectivity index (χ3v) is 6.19. The zero-order valence-electron chi connectivity index (χ0n) is 21.6. The molecule has 1 aliphatic rings. The predicted molar refractivity (Wildman–Crippen MR) is 137 cm³/mol. The molecule has 1 unspecified atom stereocenters. The van der Waals surface area contributed by atoms with E-state index in [4.69, 9.17) is 4.74 Å². The van der Waals surface area contributed by atoms with Gasteiger partial charge in [0.1, 0.15) is 18.2 Å². The highest BCUT2D eigenvalue weighted by Gasteiger charge is 2.39. The average Bonchev–Trinajstić information content (AvgIpc) is 2.73. The Bertz CT molecular complexity index is 1050. The van der Waals surface area contributed by atoms with Crippen molar-refractivity contribution in [3.63, 3.8) is 0 Å². The quantitative estimate of drug-likeness (QED) is 0.572.